The van der Waals surface area contributed by atoms with Crippen LogP contribution in [0.3, 0.4) is 0 Å². The number of aryl methyl sites for hydroxylation is 1. The molecule has 0 radical (unpaired) electrons. The van der Waals surface area contributed by atoms with Crippen LogP contribution in [0.25, 0.3) is 0 Å². The van der Waals surface area contributed by atoms with Crippen LogP contribution in [0.5, 0.6) is 5.75 Å². The highest BCUT2D eigenvalue weighted by atomic mass is 16.5. The van der Waals surface area contributed by atoms with Gasteiger partial charge in [0.25, 0.3) is 0 Å². The summed E-state index contributed by atoms with van der Waals surface area (Å²) in [4.78, 5) is 12.7. The third-order valence-electron chi connectivity index (χ3n) is 3.43. The molecule has 1 aromatic rings. The zero-order chi connectivity index (χ0) is 13.1. The van der Waals surface area contributed by atoms with E-state index in [9.17, 15) is 4.79 Å². The van der Waals surface area contributed by atoms with Gasteiger partial charge in [-0.05, 0) is 43.5 Å². The Balaban J connectivity index is 2.15. The lowest BCUT2D eigenvalue weighted by molar-refractivity contribution is -0.137. The zero-order valence-electron chi connectivity index (χ0n) is 10.8. The van der Waals surface area contributed by atoms with E-state index in [4.69, 9.17) is 9.84 Å². The molecule has 18 heavy (non-hydrogen) atoms. The lowest BCUT2D eigenvalue weighted by atomic mass is 10.0. The van der Waals surface area contributed by atoms with E-state index in [1.807, 2.05) is 31.0 Å². The molecule has 0 fully saturated rings. The first kappa shape index (κ1) is 12.7. The molecule has 1 aliphatic rings. The van der Waals surface area contributed by atoms with E-state index in [0.29, 0.717) is 0 Å². The average molecular weight is 249 g/mol. The molecule has 4 nitrogen and oxygen atoms in total. The first-order chi connectivity index (χ1) is 8.58. The monoisotopic (exact) mass is 249 g/mol. The molecule has 0 saturated carbocycles. The summed E-state index contributed by atoms with van der Waals surface area (Å²) in [6.45, 7) is 2.71. The molecule has 1 N–H and O–H groups in total. The summed E-state index contributed by atoms with van der Waals surface area (Å²) in [6, 6.07) is 6.05. The Hall–Kier alpha value is -1.71. The lowest BCUT2D eigenvalue weighted by Crippen LogP contribution is -2.31. The van der Waals surface area contributed by atoms with Crippen LogP contribution in [0.2, 0.25) is 0 Å². The van der Waals surface area contributed by atoms with Crippen LogP contribution >= 0.6 is 0 Å². The number of carboxylic acids is 1. The number of fused-ring (bicyclic) bond motifs is 1. The van der Waals surface area contributed by atoms with Gasteiger partial charge in [-0.1, -0.05) is 0 Å². The van der Waals surface area contributed by atoms with E-state index in [0.717, 1.165) is 30.9 Å². The van der Waals surface area contributed by atoms with E-state index in [-0.39, 0.29) is 12.5 Å². The van der Waals surface area contributed by atoms with Crippen LogP contribution in [-0.4, -0.2) is 30.8 Å². The van der Waals surface area contributed by atoms with Gasteiger partial charge in [-0.3, -0.25) is 4.79 Å². The number of hydrogen-bond donors (Lipinski definition) is 1. The van der Waals surface area contributed by atoms with Gasteiger partial charge < -0.3 is 14.7 Å². The van der Waals surface area contributed by atoms with Crippen LogP contribution in [-0.2, 0) is 11.2 Å². The fourth-order valence-corrected chi connectivity index (χ4v) is 2.21. The molecule has 1 atom stereocenters. The van der Waals surface area contributed by atoms with E-state index in [1.165, 1.54) is 5.56 Å². The molecule has 0 aromatic heterocycles. The van der Waals surface area contributed by atoms with Crippen molar-refractivity contribution >= 4 is 11.7 Å². The summed E-state index contributed by atoms with van der Waals surface area (Å²) in [7, 11) is 1.93. The molecule has 0 aliphatic carbocycles. The predicted octanol–water partition coefficient (Wildman–Crippen LogP) is 2.31. The number of carbonyl (C=O) groups is 1. The van der Waals surface area contributed by atoms with Gasteiger partial charge >= 0.3 is 5.97 Å². The summed E-state index contributed by atoms with van der Waals surface area (Å²) in [6.07, 6.45) is 2.22. The summed E-state index contributed by atoms with van der Waals surface area (Å²) in [5.74, 6) is 0.194. The molecular formula is C14H19NO3. The second-order valence-electron chi connectivity index (χ2n) is 4.80. The fourth-order valence-electron chi connectivity index (χ4n) is 2.21. The normalized spacial score (nSPS) is 15.4. The minimum absolute atomic E-state index is 0.0231. The fraction of sp³-hybridized carbons (Fsp3) is 0.500. The molecule has 0 bridgehead atoms. The summed E-state index contributed by atoms with van der Waals surface area (Å²) in [5, 5.41) is 8.83. The van der Waals surface area contributed by atoms with E-state index >= 15 is 0 Å². The average Bonchev–Trinajstić information content (AvgIpc) is 2.36. The van der Waals surface area contributed by atoms with Gasteiger partial charge in [-0.25, -0.2) is 0 Å². The van der Waals surface area contributed by atoms with Gasteiger partial charge in [-0.15, -0.1) is 0 Å². The smallest absolute Gasteiger partial charge is 0.305 e. The maximum atomic E-state index is 10.7. The van der Waals surface area contributed by atoms with Crippen LogP contribution in [0.1, 0.15) is 25.3 Å². The molecule has 98 valence electrons. The highest BCUT2D eigenvalue weighted by Gasteiger charge is 2.16. The molecule has 0 saturated heterocycles. The standard InChI is InChI=1S/C14H19NO3/c1-10(8-14(16)17)15(2)12-5-6-13-11(9-12)4-3-7-18-13/h5-6,9-10H,3-4,7-8H2,1-2H3,(H,16,17). The molecule has 0 amide bonds. The Morgan fingerprint density at radius 2 is 2.33 bits per heavy atom. The summed E-state index contributed by atoms with van der Waals surface area (Å²) >= 11 is 0. The van der Waals surface area contributed by atoms with Crippen LogP contribution in [0.15, 0.2) is 18.2 Å². The van der Waals surface area contributed by atoms with Crippen LogP contribution in [0, 0.1) is 0 Å². The van der Waals surface area contributed by atoms with E-state index in [1.54, 1.807) is 0 Å². The minimum Gasteiger partial charge on any atom is -0.493 e. The first-order valence-corrected chi connectivity index (χ1v) is 6.28. The molecule has 2 rings (SSSR count). The molecular weight excluding hydrogens is 230 g/mol. The largest absolute Gasteiger partial charge is 0.493 e. The van der Waals surface area contributed by atoms with Crippen molar-refractivity contribution in [1.29, 1.82) is 0 Å². The molecule has 1 heterocycles. The van der Waals surface area contributed by atoms with Crippen molar-refractivity contribution in [2.45, 2.75) is 32.2 Å². The summed E-state index contributed by atoms with van der Waals surface area (Å²) in [5.41, 5.74) is 2.26. The number of anilines is 1. The van der Waals surface area contributed by atoms with Gasteiger partial charge in [0, 0.05) is 18.8 Å². The van der Waals surface area contributed by atoms with Crippen molar-refractivity contribution in [3.63, 3.8) is 0 Å². The molecule has 1 aromatic carbocycles. The number of benzene rings is 1. The molecule has 1 unspecified atom stereocenters. The molecule has 0 spiro atoms. The van der Waals surface area contributed by atoms with Gasteiger partial charge in [-0.2, -0.15) is 0 Å². The molecule has 1 aliphatic heterocycles. The Kier molecular flexibility index (Phi) is 3.75. The van der Waals surface area contributed by atoms with Crippen LogP contribution < -0.4 is 9.64 Å². The predicted molar refractivity (Wildman–Crippen MR) is 70.4 cm³/mol. The van der Waals surface area contributed by atoms with Crippen LogP contribution in [0.4, 0.5) is 5.69 Å². The molecule has 4 heteroatoms. The zero-order valence-corrected chi connectivity index (χ0v) is 10.8. The lowest BCUT2D eigenvalue weighted by Gasteiger charge is -2.27. The van der Waals surface area contributed by atoms with Gasteiger partial charge in [0.15, 0.2) is 0 Å². The van der Waals surface area contributed by atoms with Crippen molar-refractivity contribution < 1.29 is 14.6 Å². The van der Waals surface area contributed by atoms with Crippen molar-refractivity contribution in [2.24, 2.45) is 0 Å². The number of carboxylic acid groups (broad SMARTS) is 1. The Morgan fingerprint density at radius 3 is 3.06 bits per heavy atom. The highest BCUT2D eigenvalue weighted by molar-refractivity contribution is 5.68. The maximum Gasteiger partial charge on any atom is 0.305 e. The topological polar surface area (TPSA) is 49.8 Å². The van der Waals surface area contributed by atoms with Crippen molar-refractivity contribution in [2.75, 3.05) is 18.6 Å². The first-order valence-electron chi connectivity index (χ1n) is 6.28. The third-order valence-corrected chi connectivity index (χ3v) is 3.43. The number of aliphatic carboxylic acids is 1. The maximum absolute atomic E-state index is 10.7. The van der Waals surface area contributed by atoms with Crippen molar-refractivity contribution in [1.82, 2.24) is 0 Å². The summed E-state index contributed by atoms with van der Waals surface area (Å²) < 4.78 is 5.57. The van der Waals surface area contributed by atoms with E-state index in [2.05, 4.69) is 6.07 Å². The second kappa shape index (κ2) is 5.29. The van der Waals surface area contributed by atoms with Crippen molar-refractivity contribution in [3.8, 4) is 5.75 Å². The third kappa shape index (κ3) is 2.75. The Morgan fingerprint density at radius 1 is 1.56 bits per heavy atom. The number of ether oxygens (including phenoxy) is 1. The minimum atomic E-state index is -0.768. The van der Waals surface area contributed by atoms with Gasteiger partial charge in [0.2, 0.25) is 0 Å². The van der Waals surface area contributed by atoms with Crippen molar-refractivity contribution in [3.05, 3.63) is 23.8 Å². The number of nitrogens with zero attached hydrogens (tertiary/aromatic N) is 1. The Labute approximate surface area is 107 Å². The highest BCUT2D eigenvalue weighted by Crippen LogP contribution is 2.29. The van der Waals surface area contributed by atoms with E-state index < -0.39 is 5.97 Å². The number of hydrogen-bond acceptors (Lipinski definition) is 3. The van der Waals surface area contributed by atoms with Gasteiger partial charge in [0.05, 0.1) is 13.0 Å². The van der Waals surface area contributed by atoms with Gasteiger partial charge in [0.1, 0.15) is 5.75 Å². The SMILES string of the molecule is CC(CC(=O)O)N(C)c1ccc2c(c1)CCCO2. The second-order valence-corrected chi connectivity index (χ2v) is 4.80. The quantitative estimate of drug-likeness (QED) is 0.889. The number of rotatable bonds is 4. The Bertz CT molecular complexity index is 445.